The zero-order valence-electron chi connectivity index (χ0n) is 6.99. The summed E-state index contributed by atoms with van der Waals surface area (Å²) in [5.74, 6) is 0. The molecule has 6 heteroatoms. The summed E-state index contributed by atoms with van der Waals surface area (Å²) in [6.07, 6.45) is -0.441. The largest absolute Gasteiger partial charge is 0.453 e. The Morgan fingerprint density at radius 3 is 3.00 bits per heavy atom. The Labute approximate surface area is 73.0 Å². The Morgan fingerprint density at radius 2 is 2.38 bits per heavy atom. The van der Waals surface area contributed by atoms with Crippen LogP contribution in [0.25, 0.3) is 0 Å². The monoisotopic (exact) mass is 184 g/mol. The minimum atomic E-state index is -0.441. The van der Waals surface area contributed by atoms with Gasteiger partial charge in [0.2, 0.25) is 0 Å². The van der Waals surface area contributed by atoms with Gasteiger partial charge < -0.3 is 9.26 Å². The standard InChI is InChI=1S/C7H8N2O4/c1-12-7(11)9-2-4-5(3-9)8-13-6(4)10/h8H,2-3H2,1H3. The SMILES string of the molecule is COC(=O)N1Cc2[nH]oc(=O)c2C1. The molecule has 1 amide bonds. The number of fused-ring (bicyclic) bond motifs is 1. The van der Waals surface area contributed by atoms with Crippen molar-refractivity contribution in [3.63, 3.8) is 0 Å². The predicted molar refractivity (Wildman–Crippen MR) is 41.0 cm³/mol. The van der Waals surface area contributed by atoms with Crippen LogP contribution in [0.5, 0.6) is 0 Å². The fourth-order valence-electron chi connectivity index (χ4n) is 1.34. The summed E-state index contributed by atoms with van der Waals surface area (Å²) >= 11 is 0. The van der Waals surface area contributed by atoms with Gasteiger partial charge >= 0.3 is 11.7 Å². The Bertz CT molecular complexity index is 391. The lowest BCUT2D eigenvalue weighted by Crippen LogP contribution is -2.26. The van der Waals surface area contributed by atoms with E-state index in [4.69, 9.17) is 0 Å². The van der Waals surface area contributed by atoms with E-state index in [0.717, 1.165) is 0 Å². The molecule has 0 aromatic carbocycles. The van der Waals surface area contributed by atoms with Gasteiger partial charge in [-0.25, -0.2) is 14.7 Å². The van der Waals surface area contributed by atoms with E-state index in [1.54, 1.807) is 0 Å². The fourth-order valence-corrected chi connectivity index (χ4v) is 1.34. The van der Waals surface area contributed by atoms with Crippen LogP contribution >= 0.6 is 0 Å². The molecule has 1 aliphatic heterocycles. The van der Waals surface area contributed by atoms with Crippen molar-refractivity contribution in [3.8, 4) is 0 Å². The van der Waals surface area contributed by atoms with Gasteiger partial charge in [-0.2, -0.15) is 0 Å². The molecule has 1 aromatic rings. The van der Waals surface area contributed by atoms with Crippen LogP contribution in [0.15, 0.2) is 9.32 Å². The zero-order valence-corrected chi connectivity index (χ0v) is 6.99. The lowest BCUT2D eigenvalue weighted by Gasteiger charge is -2.12. The number of nitrogens with zero attached hydrogens (tertiary/aromatic N) is 1. The molecule has 70 valence electrons. The number of hydrogen-bond donors (Lipinski definition) is 1. The van der Waals surface area contributed by atoms with E-state index in [-0.39, 0.29) is 6.54 Å². The molecule has 1 aliphatic rings. The van der Waals surface area contributed by atoms with Crippen molar-refractivity contribution in [2.75, 3.05) is 7.11 Å². The third-order valence-corrected chi connectivity index (χ3v) is 2.01. The zero-order chi connectivity index (χ0) is 9.42. The molecule has 6 nitrogen and oxygen atoms in total. The molecule has 2 rings (SSSR count). The number of aromatic amines is 1. The molecule has 0 saturated carbocycles. The number of rotatable bonds is 0. The third kappa shape index (κ3) is 1.10. The molecular weight excluding hydrogens is 176 g/mol. The number of carbonyl (C=O) groups is 1. The van der Waals surface area contributed by atoms with Crippen LogP contribution in [0.2, 0.25) is 0 Å². The lowest BCUT2D eigenvalue weighted by atomic mass is 10.3. The highest BCUT2D eigenvalue weighted by Crippen LogP contribution is 2.17. The van der Waals surface area contributed by atoms with Gasteiger partial charge in [0.15, 0.2) is 0 Å². The molecule has 0 unspecified atom stereocenters. The van der Waals surface area contributed by atoms with Gasteiger partial charge in [0.05, 0.1) is 31.5 Å². The minimum Gasteiger partial charge on any atom is -0.453 e. The summed E-state index contributed by atoms with van der Waals surface area (Å²) in [6, 6.07) is 0. The molecule has 0 spiro atoms. The molecule has 0 aliphatic carbocycles. The van der Waals surface area contributed by atoms with Crippen LogP contribution in [0, 0.1) is 0 Å². The summed E-state index contributed by atoms with van der Waals surface area (Å²) in [5, 5.41) is 2.46. The third-order valence-electron chi connectivity index (χ3n) is 2.01. The molecule has 0 atom stereocenters. The van der Waals surface area contributed by atoms with Crippen molar-refractivity contribution >= 4 is 6.09 Å². The van der Waals surface area contributed by atoms with Crippen LogP contribution in [-0.2, 0) is 17.8 Å². The number of nitrogens with one attached hydrogen (secondary N) is 1. The number of aromatic nitrogens is 1. The van der Waals surface area contributed by atoms with Crippen LogP contribution in [0.1, 0.15) is 11.3 Å². The number of amides is 1. The highest BCUT2D eigenvalue weighted by molar-refractivity contribution is 5.68. The van der Waals surface area contributed by atoms with Gasteiger partial charge in [0.1, 0.15) is 0 Å². The molecule has 0 radical (unpaired) electrons. The lowest BCUT2D eigenvalue weighted by molar-refractivity contribution is 0.121. The molecular formula is C7H8N2O4. The predicted octanol–water partition coefficient (Wildman–Crippen LogP) is 0.0499. The van der Waals surface area contributed by atoms with Crippen LogP contribution in [-0.4, -0.2) is 23.3 Å². The second-order valence-electron chi connectivity index (χ2n) is 2.77. The van der Waals surface area contributed by atoms with Gasteiger partial charge in [0.25, 0.3) is 0 Å². The van der Waals surface area contributed by atoms with Gasteiger partial charge in [-0.05, 0) is 0 Å². The maximum Gasteiger partial charge on any atom is 0.410 e. The van der Waals surface area contributed by atoms with Gasteiger partial charge in [-0.3, -0.25) is 4.90 Å². The minimum absolute atomic E-state index is 0.258. The van der Waals surface area contributed by atoms with Crippen LogP contribution in [0.3, 0.4) is 0 Å². The van der Waals surface area contributed by atoms with E-state index in [1.807, 2.05) is 0 Å². The summed E-state index contributed by atoms with van der Waals surface area (Å²) in [7, 11) is 1.30. The first-order valence-electron chi connectivity index (χ1n) is 3.74. The Kier molecular flexibility index (Phi) is 1.61. The first-order valence-corrected chi connectivity index (χ1v) is 3.74. The molecule has 0 bridgehead atoms. The van der Waals surface area contributed by atoms with Crippen molar-refractivity contribution in [1.82, 2.24) is 10.1 Å². The van der Waals surface area contributed by atoms with Crippen molar-refractivity contribution in [1.29, 1.82) is 0 Å². The van der Waals surface area contributed by atoms with Crippen molar-refractivity contribution < 1.29 is 14.1 Å². The second-order valence-corrected chi connectivity index (χ2v) is 2.77. The summed E-state index contributed by atoms with van der Waals surface area (Å²) in [4.78, 5) is 23.5. The van der Waals surface area contributed by atoms with E-state index in [9.17, 15) is 9.59 Å². The average Bonchev–Trinajstić information content (AvgIpc) is 2.67. The van der Waals surface area contributed by atoms with Crippen molar-refractivity contribution in [2.45, 2.75) is 13.1 Å². The molecule has 0 saturated heterocycles. The number of methoxy groups -OCH3 is 1. The van der Waals surface area contributed by atoms with Crippen LogP contribution < -0.4 is 5.63 Å². The molecule has 1 N–H and O–H groups in total. The average molecular weight is 184 g/mol. The first-order chi connectivity index (χ1) is 6.22. The summed E-state index contributed by atoms with van der Waals surface area (Å²) in [5.41, 5.74) is 0.738. The smallest absolute Gasteiger partial charge is 0.410 e. The molecule has 2 heterocycles. The quantitative estimate of drug-likeness (QED) is 0.618. The maximum atomic E-state index is 11.0. The van der Waals surface area contributed by atoms with Crippen LogP contribution in [0.4, 0.5) is 4.79 Å². The Balaban J connectivity index is 2.23. The highest BCUT2D eigenvalue weighted by Gasteiger charge is 2.28. The molecule has 0 fully saturated rings. The fraction of sp³-hybridized carbons (Fsp3) is 0.429. The second kappa shape index (κ2) is 2.65. The first kappa shape index (κ1) is 7.90. The number of H-pyrrole nitrogens is 1. The summed E-state index contributed by atoms with van der Waals surface area (Å²) in [6.45, 7) is 0.599. The van der Waals surface area contributed by atoms with E-state index in [2.05, 4.69) is 14.4 Å². The van der Waals surface area contributed by atoms with E-state index in [0.29, 0.717) is 17.8 Å². The van der Waals surface area contributed by atoms with Gasteiger partial charge in [-0.1, -0.05) is 0 Å². The maximum absolute atomic E-state index is 11.0. The van der Waals surface area contributed by atoms with E-state index >= 15 is 0 Å². The van der Waals surface area contributed by atoms with E-state index < -0.39 is 11.7 Å². The number of ether oxygens (including phenoxy) is 1. The number of hydrogen-bond acceptors (Lipinski definition) is 4. The number of carbonyl (C=O) groups excluding carboxylic acids is 1. The van der Waals surface area contributed by atoms with Crippen molar-refractivity contribution in [2.24, 2.45) is 0 Å². The highest BCUT2D eigenvalue weighted by atomic mass is 16.5. The normalized spacial score (nSPS) is 14.4. The topological polar surface area (TPSA) is 75.5 Å². The Hall–Kier alpha value is -1.72. The van der Waals surface area contributed by atoms with Crippen molar-refractivity contribution in [3.05, 3.63) is 21.7 Å². The molecule has 1 aromatic heterocycles. The molecule has 13 heavy (non-hydrogen) atoms. The van der Waals surface area contributed by atoms with Gasteiger partial charge in [-0.15, -0.1) is 0 Å². The Morgan fingerprint density at radius 1 is 1.62 bits per heavy atom. The summed E-state index contributed by atoms with van der Waals surface area (Å²) < 4.78 is 9.05. The van der Waals surface area contributed by atoms with E-state index in [1.165, 1.54) is 12.0 Å². The van der Waals surface area contributed by atoms with Gasteiger partial charge in [0, 0.05) is 0 Å².